The summed E-state index contributed by atoms with van der Waals surface area (Å²) >= 11 is 0. The average Bonchev–Trinajstić information content (AvgIpc) is 2.56. The van der Waals surface area contributed by atoms with Crippen molar-refractivity contribution in [3.63, 3.8) is 0 Å². The zero-order chi connectivity index (χ0) is 18.4. The molecule has 0 bridgehead atoms. The largest absolute Gasteiger partial charge is 0.394 e. The van der Waals surface area contributed by atoms with E-state index in [9.17, 15) is 35.4 Å². The Morgan fingerprint density at radius 3 is 2.21 bits per heavy atom. The van der Waals surface area contributed by atoms with Crippen LogP contribution in [0, 0.1) is 0 Å². The lowest BCUT2D eigenvalue weighted by molar-refractivity contribution is -0.239. The Morgan fingerprint density at radius 1 is 1.08 bits per heavy atom. The molecule has 142 valence electrons. The maximum Gasteiger partial charge on any atom is 0.160 e. The molecular formula is C14H26O10. The van der Waals surface area contributed by atoms with Crippen LogP contribution in [0.3, 0.4) is 0 Å². The Kier molecular flexibility index (Phi) is 8.63. The van der Waals surface area contributed by atoms with Gasteiger partial charge in [0.25, 0.3) is 0 Å². The fourth-order valence-corrected chi connectivity index (χ4v) is 2.34. The van der Waals surface area contributed by atoms with Crippen LogP contribution in [0.4, 0.5) is 0 Å². The van der Waals surface area contributed by atoms with Crippen molar-refractivity contribution < 1.29 is 50.0 Å². The van der Waals surface area contributed by atoms with Gasteiger partial charge in [0.05, 0.1) is 19.3 Å². The molecule has 10 heteroatoms. The summed E-state index contributed by atoms with van der Waals surface area (Å²) in [5.74, 6) is -0.677. The first-order chi connectivity index (χ1) is 11.2. The number of aliphatic hydroxyl groups excluding tert-OH is 7. The summed E-state index contributed by atoms with van der Waals surface area (Å²) in [5.41, 5.74) is 0. The van der Waals surface area contributed by atoms with Gasteiger partial charge >= 0.3 is 0 Å². The summed E-state index contributed by atoms with van der Waals surface area (Å²) in [4.78, 5) is 10.9. The third-order valence-electron chi connectivity index (χ3n) is 3.97. The van der Waals surface area contributed by atoms with Crippen molar-refractivity contribution in [2.24, 2.45) is 0 Å². The summed E-state index contributed by atoms with van der Waals surface area (Å²) in [7, 11) is 0. The van der Waals surface area contributed by atoms with Gasteiger partial charge < -0.3 is 45.2 Å². The molecule has 0 radical (unpaired) electrons. The molecule has 1 heterocycles. The summed E-state index contributed by atoms with van der Waals surface area (Å²) < 4.78 is 10.4. The maximum absolute atomic E-state index is 10.9. The van der Waals surface area contributed by atoms with Gasteiger partial charge in [0.15, 0.2) is 5.78 Å². The quantitative estimate of drug-likeness (QED) is 0.201. The number of hydrogen-bond donors (Lipinski definition) is 7. The molecule has 0 amide bonds. The van der Waals surface area contributed by atoms with Gasteiger partial charge in [-0.15, -0.1) is 0 Å². The number of ether oxygens (including phenoxy) is 2. The Balaban J connectivity index is 2.37. The van der Waals surface area contributed by atoms with E-state index in [4.69, 9.17) is 14.6 Å². The van der Waals surface area contributed by atoms with Crippen LogP contribution in [0.25, 0.3) is 0 Å². The fraction of sp³-hybridized carbons (Fsp3) is 0.929. The lowest BCUT2D eigenvalue weighted by Crippen LogP contribution is -2.59. The first kappa shape index (κ1) is 21.4. The van der Waals surface area contributed by atoms with Crippen molar-refractivity contribution in [3.05, 3.63) is 0 Å². The molecule has 8 unspecified atom stereocenters. The third kappa shape index (κ3) is 5.41. The monoisotopic (exact) mass is 354 g/mol. The Hall–Kier alpha value is -0.690. The van der Waals surface area contributed by atoms with Crippen molar-refractivity contribution >= 4 is 5.78 Å². The van der Waals surface area contributed by atoms with Gasteiger partial charge in [-0.3, -0.25) is 4.79 Å². The average molecular weight is 354 g/mol. The molecule has 8 atom stereocenters. The summed E-state index contributed by atoms with van der Waals surface area (Å²) in [6.45, 7) is 0.253. The Bertz CT molecular complexity index is 390. The second-order valence-electron chi connectivity index (χ2n) is 5.84. The molecule has 0 aromatic carbocycles. The van der Waals surface area contributed by atoms with E-state index in [0.717, 1.165) is 6.92 Å². The van der Waals surface area contributed by atoms with E-state index in [1.807, 2.05) is 0 Å². The minimum atomic E-state index is -1.69. The molecule has 1 rings (SSSR count). The number of ketones is 1. The topological polar surface area (TPSA) is 177 Å². The predicted octanol–water partition coefficient (Wildman–Crippen LogP) is -4.09. The van der Waals surface area contributed by atoms with Gasteiger partial charge in [0.2, 0.25) is 0 Å². The molecule has 0 aromatic heterocycles. The van der Waals surface area contributed by atoms with E-state index >= 15 is 0 Å². The first-order valence-corrected chi connectivity index (χ1v) is 7.63. The van der Waals surface area contributed by atoms with E-state index in [1.54, 1.807) is 0 Å². The smallest absolute Gasteiger partial charge is 0.160 e. The van der Waals surface area contributed by atoms with Crippen molar-refractivity contribution in [2.75, 3.05) is 19.8 Å². The highest BCUT2D eigenvalue weighted by atomic mass is 16.6. The van der Waals surface area contributed by atoms with Crippen molar-refractivity contribution in [3.8, 4) is 0 Å². The summed E-state index contributed by atoms with van der Waals surface area (Å²) in [6.07, 6.45) is -11.2. The SMILES string of the molecule is CC(=O)C(O)C(O)C(O)CCOCC1OC(CO)C(O)C(O)C1O. The van der Waals surface area contributed by atoms with E-state index in [2.05, 4.69) is 0 Å². The van der Waals surface area contributed by atoms with E-state index in [0.29, 0.717) is 0 Å². The van der Waals surface area contributed by atoms with Gasteiger partial charge in [-0.1, -0.05) is 0 Å². The highest BCUT2D eigenvalue weighted by molar-refractivity contribution is 5.80. The lowest BCUT2D eigenvalue weighted by Gasteiger charge is -2.39. The number of aliphatic hydroxyl groups is 7. The molecule has 1 aliphatic rings. The second-order valence-corrected chi connectivity index (χ2v) is 5.84. The number of carbonyl (C=O) groups excluding carboxylic acids is 1. The first-order valence-electron chi connectivity index (χ1n) is 7.63. The molecule has 0 aliphatic carbocycles. The molecule has 0 saturated carbocycles. The molecule has 1 fully saturated rings. The molecule has 1 saturated heterocycles. The van der Waals surface area contributed by atoms with Crippen LogP contribution in [0.2, 0.25) is 0 Å². The minimum Gasteiger partial charge on any atom is -0.394 e. The molecule has 0 aromatic rings. The Morgan fingerprint density at radius 2 is 1.67 bits per heavy atom. The molecule has 7 N–H and O–H groups in total. The minimum absolute atomic E-state index is 0.0854. The van der Waals surface area contributed by atoms with Gasteiger partial charge in [-0.25, -0.2) is 0 Å². The van der Waals surface area contributed by atoms with Crippen molar-refractivity contribution in [2.45, 2.75) is 62.2 Å². The second kappa shape index (κ2) is 9.70. The third-order valence-corrected chi connectivity index (χ3v) is 3.97. The number of carbonyl (C=O) groups is 1. The number of rotatable bonds is 9. The highest BCUT2D eigenvalue weighted by Gasteiger charge is 2.43. The number of Topliss-reactive ketones (excluding diaryl/α,β-unsaturated/α-hetero) is 1. The van der Waals surface area contributed by atoms with Crippen molar-refractivity contribution in [1.82, 2.24) is 0 Å². The van der Waals surface area contributed by atoms with E-state index < -0.39 is 61.2 Å². The van der Waals surface area contributed by atoms with Crippen LogP contribution >= 0.6 is 0 Å². The maximum atomic E-state index is 10.9. The standard InChI is InChI=1S/C14H26O10/c1-6(16)10(18)11(19)7(17)2-3-23-5-9-13(21)14(22)12(20)8(4-15)24-9/h7-15,17-22H,2-5H2,1H3. The number of hydrogen-bond acceptors (Lipinski definition) is 10. The molecule has 24 heavy (non-hydrogen) atoms. The normalized spacial score (nSPS) is 34.6. The van der Waals surface area contributed by atoms with Crippen LogP contribution in [0.15, 0.2) is 0 Å². The van der Waals surface area contributed by atoms with Gasteiger partial charge in [-0.2, -0.15) is 0 Å². The summed E-state index contributed by atoms with van der Waals surface area (Å²) in [6, 6.07) is 0. The van der Waals surface area contributed by atoms with Crippen LogP contribution in [-0.4, -0.2) is 110 Å². The van der Waals surface area contributed by atoms with Gasteiger partial charge in [0, 0.05) is 6.61 Å². The lowest BCUT2D eigenvalue weighted by atomic mass is 9.95. The van der Waals surface area contributed by atoms with Crippen LogP contribution < -0.4 is 0 Å². The van der Waals surface area contributed by atoms with Crippen molar-refractivity contribution in [1.29, 1.82) is 0 Å². The highest BCUT2D eigenvalue weighted by Crippen LogP contribution is 2.21. The zero-order valence-corrected chi connectivity index (χ0v) is 13.3. The molecule has 0 spiro atoms. The van der Waals surface area contributed by atoms with E-state index in [-0.39, 0.29) is 19.6 Å². The molecule has 1 aliphatic heterocycles. The Labute approximate surface area is 138 Å². The predicted molar refractivity (Wildman–Crippen MR) is 77.9 cm³/mol. The van der Waals surface area contributed by atoms with Gasteiger partial charge in [-0.05, 0) is 13.3 Å². The molecule has 10 nitrogen and oxygen atoms in total. The summed E-state index contributed by atoms with van der Waals surface area (Å²) in [5, 5.41) is 66.6. The zero-order valence-electron chi connectivity index (χ0n) is 13.3. The van der Waals surface area contributed by atoms with Crippen LogP contribution in [-0.2, 0) is 14.3 Å². The van der Waals surface area contributed by atoms with Crippen LogP contribution in [0.1, 0.15) is 13.3 Å². The fourth-order valence-electron chi connectivity index (χ4n) is 2.34. The van der Waals surface area contributed by atoms with Crippen LogP contribution in [0.5, 0.6) is 0 Å². The molecular weight excluding hydrogens is 328 g/mol. The van der Waals surface area contributed by atoms with Gasteiger partial charge in [0.1, 0.15) is 42.7 Å². The van der Waals surface area contributed by atoms with E-state index in [1.165, 1.54) is 0 Å².